The lowest BCUT2D eigenvalue weighted by atomic mass is 9.98. The molecule has 6 heteroatoms. The number of hydrogen-bond donors (Lipinski definition) is 1. The fourth-order valence-electron chi connectivity index (χ4n) is 2.06. The van der Waals surface area contributed by atoms with E-state index in [1.165, 1.54) is 16.2 Å². The van der Waals surface area contributed by atoms with E-state index in [0.717, 1.165) is 34.1 Å². The maximum atomic E-state index is 11.2. The van der Waals surface area contributed by atoms with E-state index in [0.29, 0.717) is 5.01 Å². The van der Waals surface area contributed by atoms with Crippen LogP contribution in [0.4, 0.5) is 0 Å². The van der Waals surface area contributed by atoms with Crippen molar-refractivity contribution in [2.75, 3.05) is 0 Å². The average molecular weight is 293 g/mol. The highest BCUT2D eigenvalue weighted by Crippen LogP contribution is 2.42. The van der Waals surface area contributed by atoms with Crippen molar-refractivity contribution in [3.63, 3.8) is 0 Å². The number of nitrogens with zero attached hydrogens (tertiary/aromatic N) is 2. The number of fused-ring (bicyclic) bond motifs is 3. The summed E-state index contributed by atoms with van der Waals surface area (Å²) in [5.74, 6) is -0.452. The number of nitrogens with two attached hydrogens (primary N) is 1. The van der Waals surface area contributed by atoms with Gasteiger partial charge in [0.05, 0.1) is 21.3 Å². The second-order valence-corrected chi connectivity index (χ2v) is 7.78. The minimum absolute atomic E-state index is 0.0549. The quantitative estimate of drug-likeness (QED) is 0.879. The summed E-state index contributed by atoms with van der Waals surface area (Å²) in [4.78, 5) is 22.7. The number of amides is 1. The number of carbonyl (C=O) groups is 1. The SMILES string of the molecule is CC(C)(C)c1nc2c(s1)CCc1nc(C(N)=O)sc1-2. The Bertz CT molecular complexity index is 664. The van der Waals surface area contributed by atoms with E-state index in [1.54, 1.807) is 11.3 Å². The van der Waals surface area contributed by atoms with Crippen LogP contribution >= 0.6 is 22.7 Å². The van der Waals surface area contributed by atoms with E-state index < -0.39 is 5.91 Å². The van der Waals surface area contributed by atoms with Gasteiger partial charge in [-0.1, -0.05) is 20.8 Å². The predicted molar refractivity (Wildman–Crippen MR) is 77.8 cm³/mol. The molecule has 0 unspecified atom stereocenters. The van der Waals surface area contributed by atoms with Crippen LogP contribution in [0.5, 0.6) is 0 Å². The van der Waals surface area contributed by atoms with Gasteiger partial charge in [0, 0.05) is 10.3 Å². The van der Waals surface area contributed by atoms with Crippen LogP contribution in [0.25, 0.3) is 10.6 Å². The number of aryl methyl sites for hydroxylation is 2. The zero-order chi connectivity index (χ0) is 13.8. The molecule has 3 rings (SSSR count). The second kappa shape index (κ2) is 4.11. The Labute approximate surface area is 119 Å². The molecule has 0 spiro atoms. The molecule has 0 bridgehead atoms. The van der Waals surface area contributed by atoms with Gasteiger partial charge in [-0.25, -0.2) is 9.97 Å². The van der Waals surface area contributed by atoms with Crippen LogP contribution in [0.2, 0.25) is 0 Å². The van der Waals surface area contributed by atoms with Crippen LogP contribution in [0.1, 0.15) is 46.2 Å². The Morgan fingerprint density at radius 2 is 1.95 bits per heavy atom. The molecule has 0 saturated heterocycles. The summed E-state index contributed by atoms with van der Waals surface area (Å²) in [5.41, 5.74) is 7.35. The topological polar surface area (TPSA) is 68.9 Å². The fourth-order valence-corrected chi connectivity index (χ4v) is 4.23. The van der Waals surface area contributed by atoms with Gasteiger partial charge >= 0.3 is 0 Å². The Balaban J connectivity index is 2.13. The largest absolute Gasteiger partial charge is 0.364 e. The van der Waals surface area contributed by atoms with Gasteiger partial charge < -0.3 is 5.73 Å². The van der Waals surface area contributed by atoms with Crippen molar-refractivity contribution >= 4 is 28.6 Å². The van der Waals surface area contributed by atoms with E-state index in [9.17, 15) is 4.79 Å². The smallest absolute Gasteiger partial charge is 0.277 e. The third kappa shape index (κ3) is 2.08. The lowest BCUT2D eigenvalue weighted by Gasteiger charge is -2.13. The normalized spacial score (nSPS) is 14.1. The van der Waals surface area contributed by atoms with Crippen LogP contribution < -0.4 is 5.73 Å². The van der Waals surface area contributed by atoms with E-state index in [4.69, 9.17) is 10.7 Å². The first-order valence-electron chi connectivity index (χ1n) is 6.16. The van der Waals surface area contributed by atoms with Gasteiger partial charge in [0.2, 0.25) is 0 Å². The molecule has 2 aromatic heterocycles. The zero-order valence-electron chi connectivity index (χ0n) is 11.1. The third-order valence-corrected chi connectivity index (χ3v) is 5.71. The number of hydrogen-bond acceptors (Lipinski definition) is 5. The van der Waals surface area contributed by atoms with E-state index in [-0.39, 0.29) is 5.41 Å². The maximum Gasteiger partial charge on any atom is 0.277 e. The standard InChI is InChI=1S/C13H15N3OS2/c1-13(2,3)12-16-8-7(18-12)5-4-6-9(8)19-11(15-6)10(14)17/h4-5H2,1-3H3,(H2,14,17). The van der Waals surface area contributed by atoms with Crippen LogP contribution in [-0.4, -0.2) is 15.9 Å². The van der Waals surface area contributed by atoms with E-state index >= 15 is 0 Å². The lowest BCUT2D eigenvalue weighted by molar-refractivity contribution is 0.1000. The Morgan fingerprint density at radius 3 is 2.58 bits per heavy atom. The molecule has 0 aliphatic heterocycles. The van der Waals surface area contributed by atoms with Crippen molar-refractivity contribution in [3.05, 3.63) is 20.6 Å². The molecule has 1 amide bonds. The van der Waals surface area contributed by atoms with Crippen LogP contribution in [0.15, 0.2) is 0 Å². The Hall–Kier alpha value is -1.27. The molecule has 19 heavy (non-hydrogen) atoms. The number of primary amides is 1. The van der Waals surface area contributed by atoms with Gasteiger partial charge in [-0.3, -0.25) is 4.79 Å². The van der Waals surface area contributed by atoms with Crippen molar-refractivity contribution in [1.82, 2.24) is 9.97 Å². The number of thiazole rings is 2. The summed E-state index contributed by atoms with van der Waals surface area (Å²) in [6.07, 6.45) is 1.83. The molecule has 0 radical (unpaired) electrons. The molecule has 2 heterocycles. The summed E-state index contributed by atoms with van der Waals surface area (Å²) in [6.45, 7) is 6.50. The van der Waals surface area contributed by atoms with Gasteiger partial charge in [0.25, 0.3) is 5.91 Å². The number of aromatic nitrogens is 2. The molecule has 100 valence electrons. The van der Waals surface area contributed by atoms with Crippen LogP contribution in [-0.2, 0) is 18.3 Å². The summed E-state index contributed by atoms with van der Waals surface area (Å²) in [5, 5.41) is 1.53. The van der Waals surface area contributed by atoms with Crippen molar-refractivity contribution < 1.29 is 4.79 Å². The lowest BCUT2D eigenvalue weighted by Crippen LogP contribution is -2.10. The van der Waals surface area contributed by atoms with Crippen molar-refractivity contribution in [2.24, 2.45) is 5.73 Å². The van der Waals surface area contributed by atoms with Crippen LogP contribution in [0.3, 0.4) is 0 Å². The third-order valence-electron chi connectivity index (χ3n) is 3.05. The van der Waals surface area contributed by atoms with Crippen molar-refractivity contribution in [2.45, 2.75) is 39.0 Å². The first-order valence-corrected chi connectivity index (χ1v) is 7.79. The van der Waals surface area contributed by atoms with Crippen molar-refractivity contribution in [3.8, 4) is 10.6 Å². The van der Waals surface area contributed by atoms with E-state index in [2.05, 4.69) is 25.8 Å². The fraction of sp³-hybridized carbons (Fsp3) is 0.462. The Kier molecular flexibility index (Phi) is 2.76. The molecule has 0 fully saturated rings. The molecule has 1 aliphatic carbocycles. The van der Waals surface area contributed by atoms with Crippen LogP contribution in [0, 0.1) is 0 Å². The summed E-state index contributed by atoms with van der Waals surface area (Å²) in [7, 11) is 0. The molecule has 0 atom stereocenters. The predicted octanol–water partition coefficient (Wildman–Crippen LogP) is 2.76. The molecular weight excluding hydrogens is 278 g/mol. The molecule has 2 N–H and O–H groups in total. The van der Waals surface area contributed by atoms with Crippen molar-refractivity contribution in [1.29, 1.82) is 0 Å². The molecule has 4 nitrogen and oxygen atoms in total. The number of rotatable bonds is 1. The highest BCUT2D eigenvalue weighted by molar-refractivity contribution is 7.18. The highest BCUT2D eigenvalue weighted by atomic mass is 32.1. The molecular formula is C13H15N3OS2. The monoisotopic (exact) mass is 293 g/mol. The summed E-state index contributed by atoms with van der Waals surface area (Å²) in [6, 6.07) is 0. The molecule has 0 aromatic carbocycles. The zero-order valence-corrected chi connectivity index (χ0v) is 12.7. The first kappa shape index (κ1) is 12.7. The minimum Gasteiger partial charge on any atom is -0.364 e. The molecule has 2 aromatic rings. The van der Waals surface area contributed by atoms with Gasteiger partial charge in [-0.05, 0) is 12.8 Å². The van der Waals surface area contributed by atoms with E-state index in [1.807, 2.05) is 0 Å². The second-order valence-electron chi connectivity index (χ2n) is 5.70. The maximum absolute atomic E-state index is 11.2. The first-order chi connectivity index (χ1) is 8.86. The van der Waals surface area contributed by atoms with Gasteiger partial charge in [0.15, 0.2) is 5.01 Å². The minimum atomic E-state index is -0.452. The summed E-state index contributed by atoms with van der Waals surface area (Å²) < 4.78 is 0. The molecule has 1 aliphatic rings. The van der Waals surface area contributed by atoms with Gasteiger partial charge in [-0.2, -0.15) is 0 Å². The van der Waals surface area contributed by atoms with Gasteiger partial charge in [0.1, 0.15) is 0 Å². The Morgan fingerprint density at radius 1 is 1.21 bits per heavy atom. The highest BCUT2D eigenvalue weighted by Gasteiger charge is 2.28. The molecule has 0 saturated carbocycles. The summed E-state index contributed by atoms with van der Waals surface area (Å²) >= 11 is 3.14. The van der Waals surface area contributed by atoms with Gasteiger partial charge in [-0.15, -0.1) is 22.7 Å². The average Bonchev–Trinajstić information content (AvgIpc) is 2.90. The number of carbonyl (C=O) groups excluding carboxylic acids is 1.